The Morgan fingerprint density at radius 3 is 2.70 bits per heavy atom. The van der Waals surface area contributed by atoms with Crippen molar-refractivity contribution in [3.05, 3.63) is 54.0 Å². The van der Waals surface area contributed by atoms with Gasteiger partial charge in [-0.1, -0.05) is 6.07 Å². The molecule has 0 saturated carbocycles. The first kappa shape index (κ1) is 20.8. The third-order valence-corrected chi connectivity index (χ3v) is 5.98. The molecular weight excluding hydrogens is 383 g/mol. The van der Waals surface area contributed by atoms with E-state index in [1.54, 1.807) is 30.5 Å². The lowest BCUT2D eigenvalue weighted by Crippen LogP contribution is -2.41. The molecule has 0 radical (unpaired) electrons. The first-order chi connectivity index (χ1) is 14.7. The van der Waals surface area contributed by atoms with E-state index in [0.29, 0.717) is 23.0 Å². The zero-order valence-corrected chi connectivity index (χ0v) is 17.2. The van der Waals surface area contributed by atoms with E-state index in [4.69, 9.17) is 4.74 Å². The van der Waals surface area contributed by atoms with Gasteiger partial charge in [0.1, 0.15) is 11.6 Å². The molecule has 0 bridgehead atoms. The number of piperidine rings is 1. The van der Waals surface area contributed by atoms with E-state index in [2.05, 4.69) is 15.2 Å². The fourth-order valence-electron chi connectivity index (χ4n) is 4.17. The Kier molecular flexibility index (Phi) is 6.92. The number of benzene rings is 1. The number of rotatable bonds is 6. The maximum Gasteiger partial charge on any atom is 0.257 e. The summed E-state index contributed by atoms with van der Waals surface area (Å²) in [7, 11) is 0. The van der Waals surface area contributed by atoms with Crippen LogP contribution in [-0.2, 0) is 4.74 Å². The van der Waals surface area contributed by atoms with Crippen molar-refractivity contribution in [3.8, 4) is 0 Å². The zero-order valence-electron chi connectivity index (χ0n) is 17.2. The van der Waals surface area contributed by atoms with Gasteiger partial charge in [0.2, 0.25) is 0 Å². The minimum Gasteiger partial charge on any atom is -0.379 e. The number of anilines is 2. The molecule has 30 heavy (non-hydrogen) atoms. The summed E-state index contributed by atoms with van der Waals surface area (Å²) < 4.78 is 18.9. The summed E-state index contributed by atoms with van der Waals surface area (Å²) in [5.74, 6) is 0.773. The van der Waals surface area contributed by atoms with E-state index in [9.17, 15) is 9.18 Å². The molecule has 6 nitrogen and oxygen atoms in total. The number of hydrogen-bond donors (Lipinski definition) is 1. The summed E-state index contributed by atoms with van der Waals surface area (Å²) in [5.41, 5.74) is 1.10. The number of halogens is 1. The predicted molar refractivity (Wildman–Crippen MR) is 114 cm³/mol. The molecule has 2 aliphatic rings. The first-order valence-corrected chi connectivity index (χ1v) is 10.8. The third-order valence-electron chi connectivity index (χ3n) is 5.98. The highest BCUT2D eigenvalue weighted by Gasteiger charge is 2.26. The Morgan fingerprint density at radius 1 is 1.13 bits per heavy atom. The SMILES string of the molecule is O=C(c1cccnc1Nc1cccc(F)c1)N1CCC(CCN2CCOCC2)CC1. The second kappa shape index (κ2) is 10.00. The van der Waals surface area contributed by atoms with Gasteiger partial charge in [-0.15, -0.1) is 0 Å². The summed E-state index contributed by atoms with van der Waals surface area (Å²) in [5, 5.41) is 3.08. The summed E-state index contributed by atoms with van der Waals surface area (Å²) in [6.45, 7) is 6.38. The van der Waals surface area contributed by atoms with Crippen LogP contribution in [0.3, 0.4) is 0 Å². The molecule has 0 spiro atoms. The fraction of sp³-hybridized carbons (Fsp3) is 0.478. The number of nitrogens with one attached hydrogen (secondary N) is 1. The van der Waals surface area contributed by atoms with Gasteiger partial charge in [-0.3, -0.25) is 9.69 Å². The lowest BCUT2D eigenvalue weighted by Gasteiger charge is -2.34. The highest BCUT2D eigenvalue weighted by atomic mass is 19.1. The minimum atomic E-state index is -0.331. The molecule has 0 atom stereocenters. The standard InChI is InChI=1S/C23H29FN4O2/c24-19-3-1-4-20(17-19)26-22-21(5-2-9-25-22)23(29)28-11-7-18(8-12-28)6-10-27-13-15-30-16-14-27/h1-5,9,17-18H,6-8,10-16H2,(H,25,26). The molecule has 0 aliphatic carbocycles. The maximum absolute atomic E-state index is 13.5. The van der Waals surface area contributed by atoms with Crippen LogP contribution >= 0.6 is 0 Å². The molecule has 2 aliphatic heterocycles. The van der Waals surface area contributed by atoms with Crippen LogP contribution in [0.2, 0.25) is 0 Å². The van der Waals surface area contributed by atoms with Crippen LogP contribution < -0.4 is 5.32 Å². The average Bonchev–Trinajstić information content (AvgIpc) is 2.79. The Balaban J connectivity index is 1.33. The van der Waals surface area contributed by atoms with Gasteiger partial charge in [0.05, 0.1) is 18.8 Å². The molecule has 7 heteroatoms. The normalized spacial score (nSPS) is 18.4. The van der Waals surface area contributed by atoms with E-state index < -0.39 is 0 Å². The van der Waals surface area contributed by atoms with Crippen molar-refractivity contribution in [1.82, 2.24) is 14.8 Å². The van der Waals surface area contributed by atoms with Gasteiger partial charge in [-0.2, -0.15) is 0 Å². The van der Waals surface area contributed by atoms with Crippen molar-refractivity contribution in [1.29, 1.82) is 0 Å². The van der Waals surface area contributed by atoms with E-state index in [-0.39, 0.29) is 11.7 Å². The van der Waals surface area contributed by atoms with Crippen molar-refractivity contribution in [2.45, 2.75) is 19.3 Å². The van der Waals surface area contributed by atoms with Crippen molar-refractivity contribution < 1.29 is 13.9 Å². The monoisotopic (exact) mass is 412 g/mol. The lowest BCUT2D eigenvalue weighted by atomic mass is 9.93. The molecule has 1 N–H and O–H groups in total. The Labute approximate surface area is 177 Å². The highest BCUT2D eigenvalue weighted by Crippen LogP contribution is 2.25. The topological polar surface area (TPSA) is 57.7 Å². The first-order valence-electron chi connectivity index (χ1n) is 10.8. The van der Waals surface area contributed by atoms with Crippen LogP contribution in [0.25, 0.3) is 0 Å². The van der Waals surface area contributed by atoms with Crippen molar-refractivity contribution in [2.24, 2.45) is 5.92 Å². The van der Waals surface area contributed by atoms with E-state index in [0.717, 1.165) is 58.8 Å². The number of likely N-dealkylation sites (tertiary alicyclic amines) is 1. The molecule has 4 rings (SSSR count). The molecule has 2 saturated heterocycles. The van der Waals surface area contributed by atoms with Gasteiger partial charge in [-0.25, -0.2) is 9.37 Å². The largest absolute Gasteiger partial charge is 0.379 e. The Hall–Kier alpha value is -2.51. The molecule has 1 amide bonds. The zero-order chi connectivity index (χ0) is 20.8. The molecule has 2 aromatic rings. The number of nitrogens with zero attached hydrogens (tertiary/aromatic N) is 3. The Bertz CT molecular complexity index is 849. The minimum absolute atomic E-state index is 0.0198. The van der Waals surface area contributed by atoms with Gasteiger partial charge in [0.15, 0.2) is 0 Å². The smallest absolute Gasteiger partial charge is 0.257 e. The van der Waals surface area contributed by atoms with Crippen LogP contribution in [0.1, 0.15) is 29.6 Å². The quantitative estimate of drug-likeness (QED) is 0.787. The summed E-state index contributed by atoms with van der Waals surface area (Å²) in [4.78, 5) is 21.8. The number of aromatic nitrogens is 1. The van der Waals surface area contributed by atoms with Gasteiger partial charge in [0, 0.05) is 38.1 Å². The van der Waals surface area contributed by atoms with Gasteiger partial charge >= 0.3 is 0 Å². The molecule has 160 valence electrons. The van der Waals surface area contributed by atoms with E-state index in [1.165, 1.54) is 18.6 Å². The van der Waals surface area contributed by atoms with E-state index >= 15 is 0 Å². The van der Waals surface area contributed by atoms with Gasteiger partial charge < -0.3 is 15.0 Å². The highest BCUT2D eigenvalue weighted by molar-refractivity contribution is 5.99. The second-order valence-corrected chi connectivity index (χ2v) is 8.01. The van der Waals surface area contributed by atoms with Crippen molar-refractivity contribution in [3.63, 3.8) is 0 Å². The van der Waals surface area contributed by atoms with Crippen molar-refractivity contribution in [2.75, 3.05) is 51.3 Å². The summed E-state index contributed by atoms with van der Waals surface area (Å²) in [6.07, 6.45) is 4.88. The third kappa shape index (κ3) is 5.34. The number of pyridine rings is 1. The van der Waals surface area contributed by atoms with Gasteiger partial charge in [0.25, 0.3) is 5.91 Å². The number of hydrogen-bond acceptors (Lipinski definition) is 5. The number of carbonyl (C=O) groups excluding carboxylic acids is 1. The average molecular weight is 413 g/mol. The predicted octanol–water partition coefficient (Wildman–Crippen LogP) is 3.54. The number of morpholine rings is 1. The number of carbonyl (C=O) groups is 1. The Morgan fingerprint density at radius 2 is 1.93 bits per heavy atom. The molecule has 3 heterocycles. The van der Waals surface area contributed by atoms with Crippen LogP contribution in [0.15, 0.2) is 42.6 Å². The maximum atomic E-state index is 13.5. The van der Waals surface area contributed by atoms with Crippen molar-refractivity contribution >= 4 is 17.4 Å². The molecular formula is C23H29FN4O2. The molecule has 1 aromatic heterocycles. The summed E-state index contributed by atoms with van der Waals surface area (Å²) in [6, 6.07) is 9.71. The fourth-order valence-corrected chi connectivity index (χ4v) is 4.17. The second-order valence-electron chi connectivity index (χ2n) is 8.01. The number of ether oxygens (including phenoxy) is 1. The van der Waals surface area contributed by atoms with E-state index in [1.807, 2.05) is 4.90 Å². The van der Waals surface area contributed by atoms with Gasteiger partial charge in [-0.05, 0) is 62.1 Å². The van der Waals surface area contributed by atoms with Crippen LogP contribution in [0.5, 0.6) is 0 Å². The van der Waals surface area contributed by atoms with Crippen LogP contribution in [0.4, 0.5) is 15.9 Å². The molecule has 1 aromatic carbocycles. The van der Waals surface area contributed by atoms with Crippen LogP contribution in [0, 0.1) is 11.7 Å². The number of amides is 1. The molecule has 2 fully saturated rings. The molecule has 0 unspecified atom stereocenters. The summed E-state index contributed by atoms with van der Waals surface area (Å²) >= 11 is 0. The lowest BCUT2D eigenvalue weighted by molar-refractivity contribution is 0.0332. The van der Waals surface area contributed by atoms with Crippen LogP contribution in [-0.4, -0.2) is 66.6 Å².